The molecule has 0 bridgehead atoms. The molecule has 2 atom stereocenters. The molecule has 0 heterocycles. The van der Waals surface area contributed by atoms with Crippen LogP contribution in [0.25, 0.3) is 0 Å². The largest absolute Gasteiger partial charge is 0.383 e. The normalized spacial score (nSPS) is 14.5. The van der Waals surface area contributed by atoms with Crippen LogP contribution in [0.2, 0.25) is 0 Å². The summed E-state index contributed by atoms with van der Waals surface area (Å²) < 4.78 is 19.2. The van der Waals surface area contributed by atoms with Crippen LogP contribution in [0.4, 0.5) is 4.39 Å². The van der Waals surface area contributed by atoms with Crippen molar-refractivity contribution in [1.82, 2.24) is 10.2 Å². The predicted molar refractivity (Wildman–Crippen MR) is 81.4 cm³/mol. The van der Waals surface area contributed by atoms with E-state index < -0.39 is 0 Å². The van der Waals surface area contributed by atoms with Crippen LogP contribution in [-0.2, 0) is 4.74 Å². The lowest BCUT2D eigenvalue weighted by Crippen LogP contribution is -2.44. The summed E-state index contributed by atoms with van der Waals surface area (Å²) in [5.41, 5.74) is 0.728. The molecule has 0 radical (unpaired) electrons. The molecule has 0 aliphatic carbocycles. The molecule has 0 aromatic heterocycles. The molecule has 20 heavy (non-hydrogen) atoms. The number of rotatable bonds is 9. The summed E-state index contributed by atoms with van der Waals surface area (Å²) in [5, 5.41) is 3.41. The highest BCUT2D eigenvalue weighted by Gasteiger charge is 2.22. The van der Waals surface area contributed by atoms with Crippen LogP contribution in [-0.4, -0.2) is 44.8 Å². The number of nitrogens with one attached hydrogen (secondary N) is 1. The van der Waals surface area contributed by atoms with Gasteiger partial charge in [-0.1, -0.05) is 25.1 Å². The van der Waals surface area contributed by atoms with Gasteiger partial charge in [0.25, 0.3) is 0 Å². The van der Waals surface area contributed by atoms with Crippen molar-refractivity contribution in [3.8, 4) is 0 Å². The minimum absolute atomic E-state index is 0.0137. The fourth-order valence-electron chi connectivity index (χ4n) is 2.31. The van der Waals surface area contributed by atoms with E-state index >= 15 is 0 Å². The van der Waals surface area contributed by atoms with E-state index in [0.717, 1.165) is 25.1 Å². The predicted octanol–water partition coefficient (Wildman–Crippen LogP) is 2.83. The molecule has 1 rings (SSSR count). The van der Waals surface area contributed by atoms with Crippen molar-refractivity contribution in [1.29, 1.82) is 0 Å². The smallest absolute Gasteiger partial charge is 0.127 e. The molecular formula is C16H27FN2O. The molecule has 1 N–H and O–H groups in total. The minimum Gasteiger partial charge on any atom is -0.383 e. The van der Waals surface area contributed by atoms with Crippen LogP contribution in [0, 0.1) is 5.82 Å². The Bertz CT molecular complexity index is 386. The van der Waals surface area contributed by atoms with Crippen LogP contribution < -0.4 is 5.32 Å². The maximum Gasteiger partial charge on any atom is 0.127 e. The number of methoxy groups -OCH3 is 1. The Balaban J connectivity index is 2.72. The number of likely N-dealkylation sites (N-methyl/N-ethyl adjacent to an activating group) is 1. The molecule has 0 amide bonds. The molecule has 1 aromatic rings. The number of nitrogens with zero attached hydrogens (tertiary/aromatic N) is 1. The second-order valence-electron chi connectivity index (χ2n) is 5.18. The van der Waals surface area contributed by atoms with E-state index in [0.29, 0.717) is 6.61 Å². The minimum atomic E-state index is -0.149. The molecule has 0 aliphatic heterocycles. The first-order valence-corrected chi connectivity index (χ1v) is 7.27. The Morgan fingerprint density at radius 3 is 2.65 bits per heavy atom. The summed E-state index contributed by atoms with van der Waals surface area (Å²) in [5.74, 6) is -0.149. The van der Waals surface area contributed by atoms with Gasteiger partial charge in [-0.15, -0.1) is 0 Å². The number of hydrogen-bond acceptors (Lipinski definition) is 3. The SMILES string of the molecule is CCCNCC(COC)N(C)C(C)c1ccccc1F. The van der Waals surface area contributed by atoms with Crippen molar-refractivity contribution in [3.05, 3.63) is 35.6 Å². The fourth-order valence-corrected chi connectivity index (χ4v) is 2.31. The van der Waals surface area contributed by atoms with Crippen LogP contribution in [0.3, 0.4) is 0 Å². The summed E-state index contributed by atoms with van der Waals surface area (Å²) >= 11 is 0. The third-order valence-electron chi connectivity index (χ3n) is 3.71. The average Bonchev–Trinajstić information content (AvgIpc) is 2.45. The number of halogens is 1. The topological polar surface area (TPSA) is 24.5 Å². The molecule has 4 heteroatoms. The van der Waals surface area contributed by atoms with Gasteiger partial charge >= 0.3 is 0 Å². The molecule has 0 saturated carbocycles. The zero-order valence-corrected chi connectivity index (χ0v) is 13.0. The Hall–Kier alpha value is -0.970. The van der Waals surface area contributed by atoms with Gasteiger partial charge in [-0.2, -0.15) is 0 Å². The highest BCUT2D eigenvalue weighted by atomic mass is 19.1. The first-order valence-electron chi connectivity index (χ1n) is 7.27. The highest BCUT2D eigenvalue weighted by molar-refractivity contribution is 5.20. The average molecular weight is 282 g/mol. The lowest BCUT2D eigenvalue weighted by Gasteiger charge is -2.33. The van der Waals surface area contributed by atoms with Gasteiger partial charge in [0.2, 0.25) is 0 Å². The molecule has 0 fully saturated rings. The van der Waals surface area contributed by atoms with Gasteiger partial charge in [-0.3, -0.25) is 4.90 Å². The van der Waals surface area contributed by atoms with E-state index in [4.69, 9.17) is 4.74 Å². The van der Waals surface area contributed by atoms with Crippen LogP contribution in [0.15, 0.2) is 24.3 Å². The zero-order chi connectivity index (χ0) is 15.0. The Morgan fingerprint density at radius 2 is 2.05 bits per heavy atom. The zero-order valence-electron chi connectivity index (χ0n) is 13.0. The van der Waals surface area contributed by atoms with Crippen LogP contribution >= 0.6 is 0 Å². The first kappa shape index (κ1) is 17.1. The van der Waals surface area contributed by atoms with Crippen molar-refractivity contribution in [3.63, 3.8) is 0 Å². The van der Waals surface area contributed by atoms with Gasteiger partial charge in [-0.25, -0.2) is 4.39 Å². The van der Waals surface area contributed by atoms with Crippen molar-refractivity contribution in [2.45, 2.75) is 32.4 Å². The van der Waals surface area contributed by atoms with Crippen LogP contribution in [0.1, 0.15) is 31.9 Å². The maximum absolute atomic E-state index is 13.9. The molecule has 1 aromatic carbocycles. The summed E-state index contributed by atoms with van der Waals surface area (Å²) in [6, 6.07) is 7.20. The van der Waals surface area contributed by atoms with Crippen molar-refractivity contribution in [2.24, 2.45) is 0 Å². The number of benzene rings is 1. The summed E-state index contributed by atoms with van der Waals surface area (Å²) in [6.07, 6.45) is 1.10. The van der Waals surface area contributed by atoms with Gasteiger partial charge < -0.3 is 10.1 Å². The summed E-state index contributed by atoms with van der Waals surface area (Å²) in [4.78, 5) is 2.17. The van der Waals surface area contributed by atoms with Gasteiger partial charge in [0.1, 0.15) is 5.82 Å². The van der Waals surface area contributed by atoms with Gasteiger partial charge in [0, 0.05) is 31.3 Å². The lowest BCUT2D eigenvalue weighted by atomic mass is 10.0. The highest BCUT2D eigenvalue weighted by Crippen LogP contribution is 2.23. The van der Waals surface area contributed by atoms with E-state index in [1.807, 2.05) is 26.1 Å². The monoisotopic (exact) mass is 282 g/mol. The van der Waals surface area contributed by atoms with E-state index in [-0.39, 0.29) is 17.9 Å². The molecular weight excluding hydrogens is 255 g/mol. The molecule has 0 saturated heterocycles. The maximum atomic E-state index is 13.9. The van der Waals surface area contributed by atoms with Crippen molar-refractivity contribution < 1.29 is 9.13 Å². The summed E-state index contributed by atoms with van der Waals surface area (Å²) in [6.45, 7) is 6.63. The Kier molecular flexibility index (Phi) is 7.73. The number of hydrogen-bond donors (Lipinski definition) is 1. The van der Waals surface area contributed by atoms with Gasteiger partial charge in [-0.05, 0) is 33.0 Å². The Labute approximate surface area is 122 Å². The summed E-state index contributed by atoms with van der Waals surface area (Å²) in [7, 11) is 3.73. The lowest BCUT2D eigenvalue weighted by molar-refractivity contribution is 0.0828. The third kappa shape index (κ3) is 4.85. The molecule has 0 spiro atoms. The van der Waals surface area contributed by atoms with E-state index in [1.165, 1.54) is 6.07 Å². The van der Waals surface area contributed by atoms with Crippen molar-refractivity contribution in [2.75, 3.05) is 33.9 Å². The van der Waals surface area contributed by atoms with Crippen molar-refractivity contribution >= 4 is 0 Å². The first-order chi connectivity index (χ1) is 9.61. The van der Waals surface area contributed by atoms with E-state index in [9.17, 15) is 4.39 Å². The van der Waals surface area contributed by atoms with Gasteiger partial charge in [0.15, 0.2) is 0 Å². The molecule has 0 aliphatic rings. The number of ether oxygens (including phenoxy) is 1. The fraction of sp³-hybridized carbons (Fsp3) is 0.625. The second kappa shape index (κ2) is 9.06. The van der Waals surface area contributed by atoms with E-state index in [1.54, 1.807) is 13.2 Å². The second-order valence-corrected chi connectivity index (χ2v) is 5.18. The molecule has 114 valence electrons. The Morgan fingerprint density at radius 1 is 1.35 bits per heavy atom. The van der Waals surface area contributed by atoms with Gasteiger partial charge in [0.05, 0.1) is 6.61 Å². The van der Waals surface area contributed by atoms with Crippen LogP contribution in [0.5, 0.6) is 0 Å². The standard InChI is InChI=1S/C16H27FN2O/c1-5-10-18-11-14(12-20-4)19(3)13(2)15-8-6-7-9-16(15)17/h6-9,13-14,18H,5,10-12H2,1-4H3. The molecule has 2 unspecified atom stereocenters. The molecule has 3 nitrogen and oxygen atoms in total. The quantitative estimate of drug-likeness (QED) is 0.705. The third-order valence-corrected chi connectivity index (χ3v) is 3.71. The van der Waals surface area contributed by atoms with E-state index in [2.05, 4.69) is 17.1 Å².